The third kappa shape index (κ3) is 3.79. The fourth-order valence-corrected chi connectivity index (χ4v) is 2.75. The first-order valence-corrected chi connectivity index (χ1v) is 8.12. The van der Waals surface area contributed by atoms with Crippen molar-refractivity contribution in [1.29, 1.82) is 0 Å². The Labute approximate surface area is 141 Å². The lowest BCUT2D eigenvalue weighted by molar-refractivity contribution is 0.0946. The number of nitrogens with zero attached hydrogens (tertiary/aromatic N) is 4. The summed E-state index contributed by atoms with van der Waals surface area (Å²) < 4.78 is 5.11. The molecule has 0 bridgehead atoms. The van der Waals surface area contributed by atoms with Gasteiger partial charge in [-0.1, -0.05) is 0 Å². The Balaban J connectivity index is 1.65. The number of hydrogen-bond donors (Lipinski definition) is 1. The highest BCUT2D eigenvalue weighted by Crippen LogP contribution is 2.17. The first-order valence-electron chi connectivity index (χ1n) is 8.12. The molecule has 7 heteroatoms. The van der Waals surface area contributed by atoms with E-state index in [-0.39, 0.29) is 12.5 Å². The summed E-state index contributed by atoms with van der Waals surface area (Å²) >= 11 is 0. The maximum absolute atomic E-state index is 12.3. The second-order valence-corrected chi connectivity index (χ2v) is 5.62. The Morgan fingerprint density at radius 1 is 1.21 bits per heavy atom. The number of hydrogen-bond acceptors (Lipinski definition) is 6. The molecule has 2 aromatic heterocycles. The van der Waals surface area contributed by atoms with Gasteiger partial charge in [-0.2, -0.15) is 0 Å². The number of nitrogens with one attached hydrogen (secondary N) is 1. The van der Waals surface area contributed by atoms with Crippen LogP contribution in [-0.4, -0.2) is 41.1 Å². The first kappa shape index (κ1) is 16.2. The molecule has 0 radical (unpaired) electrons. The summed E-state index contributed by atoms with van der Waals surface area (Å²) in [5, 5.41) is 2.82. The van der Waals surface area contributed by atoms with Gasteiger partial charge in [0.25, 0.3) is 5.91 Å². The smallest absolute Gasteiger partial charge is 0.257 e. The summed E-state index contributed by atoms with van der Waals surface area (Å²) in [5.74, 6) is 1.56. The van der Waals surface area contributed by atoms with Crippen LogP contribution in [0.4, 0.5) is 5.82 Å². The zero-order chi connectivity index (χ0) is 16.8. The molecule has 3 heterocycles. The van der Waals surface area contributed by atoms with Crippen LogP contribution in [0, 0.1) is 0 Å². The van der Waals surface area contributed by atoms with Crippen molar-refractivity contribution in [2.75, 3.05) is 25.1 Å². The zero-order valence-corrected chi connectivity index (χ0v) is 13.7. The van der Waals surface area contributed by atoms with Crippen molar-refractivity contribution in [2.45, 2.75) is 25.8 Å². The lowest BCUT2D eigenvalue weighted by Gasteiger charge is -2.27. The van der Waals surface area contributed by atoms with Crippen LogP contribution < -0.4 is 15.0 Å². The van der Waals surface area contributed by atoms with E-state index in [1.807, 2.05) is 6.07 Å². The number of amides is 1. The van der Waals surface area contributed by atoms with Crippen LogP contribution >= 0.6 is 0 Å². The number of ether oxygens (including phenoxy) is 1. The molecular weight excluding hydrogens is 306 g/mol. The average Bonchev–Trinajstić information content (AvgIpc) is 2.67. The van der Waals surface area contributed by atoms with E-state index in [1.165, 1.54) is 26.4 Å². The number of carbonyl (C=O) groups is 1. The van der Waals surface area contributed by atoms with Gasteiger partial charge in [-0.15, -0.1) is 0 Å². The number of piperidine rings is 1. The lowest BCUT2D eigenvalue weighted by atomic mass is 10.1. The molecule has 0 saturated carbocycles. The van der Waals surface area contributed by atoms with Gasteiger partial charge in [0.05, 0.1) is 13.7 Å². The van der Waals surface area contributed by atoms with E-state index in [0.717, 1.165) is 18.9 Å². The molecular formula is C17H21N5O2. The monoisotopic (exact) mass is 327 g/mol. The van der Waals surface area contributed by atoms with E-state index >= 15 is 0 Å². The van der Waals surface area contributed by atoms with Gasteiger partial charge in [-0.3, -0.25) is 4.79 Å². The van der Waals surface area contributed by atoms with Crippen molar-refractivity contribution in [3.8, 4) is 5.88 Å². The molecule has 1 aliphatic heterocycles. The Morgan fingerprint density at radius 3 is 2.83 bits per heavy atom. The van der Waals surface area contributed by atoms with Gasteiger partial charge in [0, 0.05) is 25.5 Å². The Bertz CT molecular complexity index is 701. The minimum atomic E-state index is -0.257. The Hall–Kier alpha value is -2.70. The van der Waals surface area contributed by atoms with Crippen molar-refractivity contribution in [1.82, 2.24) is 20.3 Å². The van der Waals surface area contributed by atoms with Gasteiger partial charge in [0.15, 0.2) is 0 Å². The van der Waals surface area contributed by atoms with Crippen molar-refractivity contribution in [2.24, 2.45) is 0 Å². The second kappa shape index (κ2) is 7.72. The molecule has 0 atom stereocenters. The largest absolute Gasteiger partial charge is 0.480 e. The van der Waals surface area contributed by atoms with Crippen molar-refractivity contribution in [3.63, 3.8) is 0 Å². The maximum atomic E-state index is 12.3. The third-order valence-corrected chi connectivity index (χ3v) is 3.99. The van der Waals surface area contributed by atoms with Crippen LogP contribution in [-0.2, 0) is 6.54 Å². The first-order chi connectivity index (χ1) is 11.8. The van der Waals surface area contributed by atoms with Gasteiger partial charge in [-0.25, -0.2) is 15.0 Å². The van der Waals surface area contributed by atoms with Gasteiger partial charge >= 0.3 is 0 Å². The van der Waals surface area contributed by atoms with Gasteiger partial charge < -0.3 is 15.0 Å². The lowest BCUT2D eigenvalue weighted by Crippen LogP contribution is -2.31. The zero-order valence-electron chi connectivity index (χ0n) is 13.7. The van der Waals surface area contributed by atoms with Crippen molar-refractivity contribution < 1.29 is 9.53 Å². The van der Waals surface area contributed by atoms with Crippen LogP contribution in [0.15, 0.2) is 30.6 Å². The van der Waals surface area contributed by atoms with Crippen molar-refractivity contribution in [3.05, 3.63) is 42.0 Å². The normalized spacial score (nSPS) is 14.3. The van der Waals surface area contributed by atoms with Crippen LogP contribution in [0.25, 0.3) is 0 Å². The number of rotatable bonds is 5. The molecule has 126 valence electrons. The topological polar surface area (TPSA) is 80.2 Å². The predicted molar refractivity (Wildman–Crippen MR) is 90.1 cm³/mol. The summed E-state index contributed by atoms with van der Waals surface area (Å²) in [4.78, 5) is 27.4. The maximum Gasteiger partial charge on any atom is 0.257 e. The van der Waals surface area contributed by atoms with E-state index in [1.54, 1.807) is 24.5 Å². The number of methoxy groups -OCH3 is 1. The molecule has 2 aromatic rings. The van der Waals surface area contributed by atoms with Crippen LogP contribution in [0.1, 0.15) is 35.4 Å². The van der Waals surface area contributed by atoms with E-state index in [0.29, 0.717) is 17.3 Å². The molecule has 0 aromatic carbocycles. The molecule has 0 aliphatic carbocycles. The average molecular weight is 327 g/mol. The molecule has 7 nitrogen and oxygen atoms in total. The standard InChI is InChI=1S/C17H21N5O2/c1-24-17-13(6-5-8-19-17)16(23)20-12-14-18-9-7-15(21-14)22-10-3-2-4-11-22/h5-9H,2-4,10-12H2,1H3,(H,20,23). The number of aromatic nitrogens is 3. The molecule has 1 amide bonds. The predicted octanol–water partition coefficient (Wildman–Crippen LogP) is 1.80. The van der Waals surface area contributed by atoms with E-state index in [4.69, 9.17) is 4.74 Å². The highest BCUT2D eigenvalue weighted by atomic mass is 16.5. The molecule has 1 aliphatic rings. The Kier molecular flexibility index (Phi) is 5.20. The van der Waals surface area contributed by atoms with Crippen LogP contribution in [0.2, 0.25) is 0 Å². The number of carbonyl (C=O) groups excluding carboxylic acids is 1. The SMILES string of the molecule is COc1ncccc1C(=O)NCc1nccc(N2CCCCC2)n1. The summed E-state index contributed by atoms with van der Waals surface area (Å²) in [7, 11) is 1.49. The third-order valence-electron chi connectivity index (χ3n) is 3.99. The quantitative estimate of drug-likeness (QED) is 0.902. The molecule has 0 unspecified atom stereocenters. The minimum Gasteiger partial charge on any atom is -0.480 e. The molecule has 0 spiro atoms. The number of anilines is 1. The minimum absolute atomic E-state index is 0.257. The highest BCUT2D eigenvalue weighted by Gasteiger charge is 2.15. The summed E-state index contributed by atoms with van der Waals surface area (Å²) in [6.45, 7) is 2.31. The highest BCUT2D eigenvalue weighted by molar-refractivity contribution is 5.96. The Morgan fingerprint density at radius 2 is 2.04 bits per heavy atom. The fraction of sp³-hybridized carbons (Fsp3) is 0.412. The van der Waals surface area contributed by atoms with Crippen LogP contribution in [0.5, 0.6) is 5.88 Å². The number of pyridine rings is 1. The van der Waals surface area contributed by atoms with E-state index < -0.39 is 0 Å². The van der Waals surface area contributed by atoms with E-state index in [9.17, 15) is 4.79 Å². The van der Waals surface area contributed by atoms with E-state index in [2.05, 4.69) is 25.2 Å². The molecule has 24 heavy (non-hydrogen) atoms. The van der Waals surface area contributed by atoms with Crippen LogP contribution in [0.3, 0.4) is 0 Å². The summed E-state index contributed by atoms with van der Waals surface area (Å²) in [5.41, 5.74) is 0.396. The van der Waals surface area contributed by atoms with Gasteiger partial charge in [-0.05, 0) is 37.5 Å². The molecule has 1 fully saturated rings. The fourth-order valence-electron chi connectivity index (χ4n) is 2.75. The molecule has 1 N–H and O–H groups in total. The van der Waals surface area contributed by atoms with Gasteiger partial charge in [0.1, 0.15) is 17.2 Å². The van der Waals surface area contributed by atoms with Gasteiger partial charge in [0.2, 0.25) is 5.88 Å². The molecule has 1 saturated heterocycles. The summed E-state index contributed by atoms with van der Waals surface area (Å²) in [6, 6.07) is 5.29. The second-order valence-electron chi connectivity index (χ2n) is 5.62. The molecule has 3 rings (SSSR count). The van der Waals surface area contributed by atoms with Crippen molar-refractivity contribution >= 4 is 11.7 Å². The summed E-state index contributed by atoms with van der Waals surface area (Å²) in [6.07, 6.45) is 6.98.